The number of benzene rings is 1. The van der Waals surface area contributed by atoms with Crippen molar-refractivity contribution in [3.63, 3.8) is 0 Å². The first-order chi connectivity index (χ1) is 17.9. The van der Waals surface area contributed by atoms with E-state index < -0.39 is 46.2 Å². The molecule has 1 amide bonds. The Hall–Kier alpha value is -4.03. The molecule has 0 fully saturated rings. The summed E-state index contributed by atoms with van der Waals surface area (Å²) in [4.78, 5) is 30.1. The first-order valence-corrected chi connectivity index (χ1v) is 11.9. The van der Waals surface area contributed by atoms with Crippen LogP contribution in [0.5, 0.6) is 5.75 Å². The maximum Gasteiger partial charge on any atom is 0.296 e. The van der Waals surface area contributed by atoms with Gasteiger partial charge in [-0.15, -0.1) is 0 Å². The summed E-state index contributed by atoms with van der Waals surface area (Å²) in [5.74, 6) is -3.43. The van der Waals surface area contributed by atoms with Gasteiger partial charge in [0, 0.05) is 30.1 Å². The molecule has 4 aromatic rings. The van der Waals surface area contributed by atoms with Crippen molar-refractivity contribution in [1.82, 2.24) is 24.5 Å². The molecule has 3 heterocycles. The molecule has 11 nitrogen and oxygen atoms in total. The van der Waals surface area contributed by atoms with Crippen LogP contribution in [-0.2, 0) is 13.6 Å². The van der Waals surface area contributed by atoms with Gasteiger partial charge in [0.15, 0.2) is 5.69 Å². The molecule has 2 atom stereocenters. The van der Waals surface area contributed by atoms with Crippen LogP contribution in [-0.4, -0.2) is 46.2 Å². The van der Waals surface area contributed by atoms with E-state index >= 15 is 0 Å². The van der Waals surface area contributed by atoms with Crippen LogP contribution in [0.3, 0.4) is 0 Å². The largest absolute Gasteiger partial charge is 0.501 e. The first kappa shape index (κ1) is 27.0. The fourth-order valence-electron chi connectivity index (χ4n) is 4.29. The molecule has 0 unspecified atom stereocenters. The predicted molar refractivity (Wildman–Crippen MR) is 136 cm³/mol. The highest BCUT2D eigenvalue weighted by Gasteiger charge is 2.32. The van der Waals surface area contributed by atoms with E-state index in [-0.39, 0.29) is 23.1 Å². The quantitative estimate of drug-likeness (QED) is 0.305. The number of anilines is 1. The lowest BCUT2D eigenvalue weighted by atomic mass is 9.82. The van der Waals surface area contributed by atoms with E-state index in [0.717, 1.165) is 4.57 Å². The van der Waals surface area contributed by atoms with Crippen LogP contribution in [0.4, 0.5) is 10.1 Å². The second-order valence-corrected chi connectivity index (χ2v) is 10.0. The molecule has 4 rings (SSSR count). The Labute approximate surface area is 221 Å². The SMILES string of the molecule is C[C@H](c1nc(C(=O)Nc2cnoc2)c(O)c(=O)n1C)[C@@H](c1cnn(CC(C)(C)O)c1)c1cc(F)ccc1Cl. The summed E-state index contributed by atoms with van der Waals surface area (Å²) in [6.45, 7) is 5.20. The van der Waals surface area contributed by atoms with Crippen LogP contribution in [0.25, 0.3) is 0 Å². The zero-order valence-electron chi connectivity index (χ0n) is 21.0. The molecule has 1 aromatic carbocycles. The molecule has 13 heteroatoms. The van der Waals surface area contributed by atoms with Gasteiger partial charge in [0.2, 0.25) is 5.75 Å². The van der Waals surface area contributed by atoms with Crippen LogP contribution in [0, 0.1) is 5.82 Å². The van der Waals surface area contributed by atoms with Crippen molar-refractivity contribution >= 4 is 23.2 Å². The Kier molecular flexibility index (Phi) is 7.38. The molecule has 38 heavy (non-hydrogen) atoms. The van der Waals surface area contributed by atoms with Gasteiger partial charge in [0.1, 0.15) is 23.6 Å². The number of nitrogens with zero attached hydrogens (tertiary/aromatic N) is 5. The van der Waals surface area contributed by atoms with Crippen LogP contribution in [0.15, 0.2) is 52.4 Å². The highest BCUT2D eigenvalue weighted by molar-refractivity contribution is 6.31. The van der Waals surface area contributed by atoms with E-state index in [1.165, 1.54) is 37.7 Å². The third kappa shape index (κ3) is 5.60. The maximum atomic E-state index is 14.4. The Morgan fingerprint density at radius 3 is 2.71 bits per heavy atom. The standard InChI is InChI=1S/C25H26ClFN6O5/c1-13(22-31-20(21(34)24(36)32(22)4)23(35)30-16-9-29-38-11-16)19(17-7-15(27)5-6-18(17)26)14-8-28-33(10-14)12-25(2,3)37/h5-11,13,19,34,37H,12H2,1-4H3,(H,30,35)/t13-,19-/m0/s1. The maximum absolute atomic E-state index is 14.4. The minimum absolute atomic E-state index is 0.129. The molecule has 0 aliphatic rings. The number of rotatable bonds is 8. The molecule has 0 saturated carbocycles. The van der Waals surface area contributed by atoms with Gasteiger partial charge in [0.25, 0.3) is 11.5 Å². The molecular weight excluding hydrogens is 519 g/mol. The number of carbonyl (C=O) groups excluding carboxylic acids is 1. The second kappa shape index (κ2) is 10.4. The van der Waals surface area contributed by atoms with Crippen molar-refractivity contribution in [2.24, 2.45) is 7.05 Å². The lowest BCUT2D eigenvalue weighted by Crippen LogP contribution is -2.29. The second-order valence-electron chi connectivity index (χ2n) is 9.61. The van der Waals surface area contributed by atoms with Crippen LogP contribution < -0.4 is 10.9 Å². The number of aliphatic hydroxyl groups is 1. The van der Waals surface area contributed by atoms with Crippen LogP contribution >= 0.6 is 11.6 Å². The van der Waals surface area contributed by atoms with Crippen molar-refractivity contribution in [1.29, 1.82) is 0 Å². The fourth-order valence-corrected chi connectivity index (χ4v) is 4.53. The minimum atomic E-state index is -1.05. The molecule has 0 radical (unpaired) electrons. The Morgan fingerprint density at radius 2 is 2.05 bits per heavy atom. The first-order valence-electron chi connectivity index (χ1n) is 11.6. The van der Waals surface area contributed by atoms with E-state index in [1.54, 1.807) is 37.8 Å². The number of aromatic hydroxyl groups is 1. The van der Waals surface area contributed by atoms with Gasteiger partial charge >= 0.3 is 0 Å². The highest BCUT2D eigenvalue weighted by atomic mass is 35.5. The minimum Gasteiger partial charge on any atom is -0.501 e. The summed E-state index contributed by atoms with van der Waals surface area (Å²) in [5, 5.41) is 31.2. The van der Waals surface area contributed by atoms with E-state index in [4.69, 9.17) is 11.6 Å². The molecule has 0 aliphatic carbocycles. The number of carbonyl (C=O) groups is 1. The smallest absolute Gasteiger partial charge is 0.296 e. The summed E-state index contributed by atoms with van der Waals surface area (Å²) >= 11 is 6.50. The third-order valence-electron chi connectivity index (χ3n) is 5.97. The summed E-state index contributed by atoms with van der Waals surface area (Å²) in [5.41, 5.74) is -1.19. The third-order valence-corrected chi connectivity index (χ3v) is 6.31. The average molecular weight is 545 g/mol. The number of aromatic nitrogens is 5. The summed E-state index contributed by atoms with van der Waals surface area (Å²) in [6.07, 6.45) is 5.67. The molecule has 200 valence electrons. The van der Waals surface area contributed by atoms with Gasteiger partial charge in [-0.1, -0.05) is 23.7 Å². The van der Waals surface area contributed by atoms with Gasteiger partial charge in [-0.25, -0.2) is 9.37 Å². The summed E-state index contributed by atoms with van der Waals surface area (Å²) in [6, 6.07) is 3.94. The molecule has 3 aromatic heterocycles. The molecule has 0 saturated heterocycles. The number of halogens is 2. The monoisotopic (exact) mass is 544 g/mol. The van der Waals surface area contributed by atoms with E-state index in [0.29, 0.717) is 11.1 Å². The normalized spacial score (nSPS) is 13.3. The average Bonchev–Trinajstić information content (AvgIpc) is 3.51. The number of hydrogen-bond acceptors (Lipinski definition) is 8. The van der Waals surface area contributed by atoms with Crippen LogP contribution in [0.1, 0.15) is 60.0 Å². The van der Waals surface area contributed by atoms with Crippen molar-refractivity contribution in [3.05, 3.63) is 86.9 Å². The van der Waals surface area contributed by atoms with Gasteiger partial charge in [-0.05, 0) is 43.2 Å². The predicted octanol–water partition coefficient (Wildman–Crippen LogP) is 3.42. The number of amides is 1. The van der Waals surface area contributed by atoms with Crippen LogP contribution in [0.2, 0.25) is 5.02 Å². The molecule has 0 spiro atoms. The zero-order chi connectivity index (χ0) is 27.8. The van der Waals surface area contributed by atoms with E-state index in [1.807, 2.05) is 0 Å². The molecule has 3 N–H and O–H groups in total. The van der Waals surface area contributed by atoms with Gasteiger partial charge in [0.05, 0.1) is 24.5 Å². The van der Waals surface area contributed by atoms with E-state index in [9.17, 15) is 24.2 Å². The van der Waals surface area contributed by atoms with Gasteiger partial charge in [-0.2, -0.15) is 5.10 Å². The van der Waals surface area contributed by atoms with E-state index in [2.05, 4.69) is 25.1 Å². The Balaban J connectivity index is 1.84. The molecular formula is C25H26ClFN6O5. The Bertz CT molecular complexity index is 1530. The molecule has 0 bridgehead atoms. The lowest BCUT2D eigenvalue weighted by Gasteiger charge is -2.26. The number of hydrogen-bond donors (Lipinski definition) is 3. The zero-order valence-corrected chi connectivity index (χ0v) is 21.8. The Morgan fingerprint density at radius 1 is 1.32 bits per heavy atom. The molecule has 0 aliphatic heterocycles. The fraction of sp³-hybridized carbons (Fsp3) is 0.320. The van der Waals surface area contributed by atoms with Crippen molar-refractivity contribution in [3.8, 4) is 5.75 Å². The van der Waals surface area contributed by atoms with Gasteiger partial charge in [-0.3, -0.25) is 18.8 Å². The lowest BCUT2D eigenvalue weighted by molar-refractivity contribution is 0.0577. The number of nitrogens with one attached hydrogen (secondary N) is 1. The van der Waals surface area contributed by atoms with Gasteiger partial charge < -0.3 is 20.1 Å². The highest BCUT2D eigenvalue weighted by Crippen LogP contribution is 2.41. The summed E-state index contributed by atoms with van der Waals surface area (Å²) in [7, 11) is 1.41. The summed E-state index contributed by atoms with van der Waals surface area (Å²) < 4.78 is 21.7. The topological polar surface area (TPSA) is 148 Å². The van der Waals surface area contributed by atoms with Crippen molar-refractivity contribution in [2.45, 2.75) is 44.8 Å². The van der Waals surface area contributed by atoms with Crippen molar-refractivity contribution < 1.29 is 23.9 Å². The van der Waals surface area contributed by atoms with Crippen molar-refractivity contribution in [2.75, 3.05) is 5.32 Å².